The number of nitrogens with zero attached hydrogens (tertiary/aromatic N) is 4. The van der Waals surface area contributed by atoms with Crippen LogP contribution in [-0.2, 0) is 12.8 Å². The Labute approximate surface area is 164 Å². The summed E-state index contributed by atoms with van der Waals surface area (Å²) in [6.07, 6.45) is 5.13. The Bertz CT molecular complexity index is 1210. The molecule has 0 aliphatic heterocycles. The number of thiophene rings is 1. The lowest BCUT2D eigenvalue weighted by Crippen LogP contribution is -2.15. The third-order valence-electron chi connectivity index (χ3n) is 5.13. The molecule has 0 saturated heterocycles. The van der Waals surface area contributed by atoms with E-state index in [1.54, 1.807) is 23.1 Å². The molecular formula is C19H19N5OS2. The lowest BCUT2D eigenvalue weighted by atomic mass is 9.89. The van der Waals surface area contributed by atoms with Crippen LogP contribution < -0.4 is 5.56 Å². The number of fused-ring (bicyclic) bond motifs is 4. The molecule has 6 nitrogen and oxygen atoms in total. The van der Waals surface area contributed by atoms with Gasteiger partial charge in [-0.25, -0.2) is 4.98 Å². The second-order valence-electron chi connectivity index (χ2n) is 7.15. The topological polar surface area (TPSA) is 75.9 Å². The molecule has 5 rings (SSSR count). The first-order valence-corrected chi connectivity index (χ1v) is 10.8. The Hall–Kier alpha value is -2.19. The number of hydrogen-bond donors (Lipinski definition) is 1. The number of aryl methyl sites for hydroxylation is 1. The zero-order valence-electron chi connectivity index (χ0n) is 15.1. The molecule has 0 aromatic carbocycles. The Morgan fingerprint density at radius 3 is 3.15 bits per heavy atom. The third-order valence-corrected chi connectivity index (χ3v) is 7.35. The van der Waals surface area contributed by atoms with Crippen molar-refractivity contribution in [3.05, 3.63) is 51.0 Å². The van der Waals surface area contributed by atoms with Crippen LogP contribution in [0.5, 0.6) is 0 Å². The molecule has 4 heterocycles. The first-order valence-electron chi connectivity index (χ1n) is 9.11. The molecule has 27 heavy (non-hydrogen) atoms. The average Bonchev–Trinajstić information content (AvgIpc) is 3.22. The van der Waals surface area contributed by atoms with Crippen molar-refractivity contribution in [3.63, 3.8) is 0 Å². The van der Waals surface area contributed by atoms with Crippen LogP contribution in [0.25, 0.3) is 15.9 Å². The van der Waals surface area contributed by atoms with Gasteiger partial charge in [0.2, 0.25) is 0 Å². The molecule has 0 bridgehead atoms. The summed E-state index contributed by atoms with van der Waals surface area (Å²) < 4.78 is 1.95. The van der Waals surface area contributed by atoms with Crippen LogP contribution in [-0.4, -0.2) is 24.6 Å². The van der Waals surface area contributed by atoms with E-state index in [9.17, 15) is 4.79 Å². The number of thioether (sulfide) groups is 1. The van der Waals surface area contributed by atoms with Crippen LogP contribution in [0.15, 0.2) is 34.3 Å². The fourth-order valence-electron chi connectivity index (χ4n) is 3.67. The molecule has 1 aliphatic rings. The molecule has 0 amide bonds. The van der Waals surface area contributed by atoms with Gasteiger partial charge in [0, 0.05) is 11.1 Å². The summed E-state index contributed by atoms with van der Waals surface area (Å²) in [4.78, 5) is 22.8. The molecule has 4 aromatic rings. The normalized spacial score (nSPS) is 18.1. The van der Waals surface area contributed by atoms with E-state index >= 15 is 0 Å². The molecule has 8 heteroatoms. The molecular weight excluding hydrogens is 378 g/mol. The van der Waals surface area contributed by atoms with Crippen molar-refractivity contribution >= 4 is 39.0 Å². The van der Waals surface area contributed by atoms with Gasteiger partial charge in [-0.05, 0) is 49.8 Å². The molecule has 1 N–H and O–H groups in total. The molecule has 1 aliphatic carbocycles. The Balaban J connectivity index is 1.52. The van der Waals surface area contributed by atoms with Gasteiger partial charge in [-0.15, -0.1) is 21.5 Å². The van der Waals surface area contributed by atoms with E-state index in [1.165, 1.54) is 10.4 Å². The number of nitrogens with one attached hydrogen (secondary N) is 1. The van der Waals surface area contributed by atoms with E-state index in [1.807, 2.05) is 35.7 Å². The van der Waals surface area contributed by atoms with Gasteiger partial charge in [-0.1, -0.05) is 24.8 Å². The second-order valence-corrected chi connectivity index (χ2v) is 9.55. The van der Waals surface area contributed by atoms with E-state index in [2.05, 4.69) is 22.1 Å². The van der Waals surface area contributed by atoms with Crippen LogP contribution in [0, 0.1) is 5.92 Å². The van der Waals surface area contributed by atoms with Gasteiger partial charge in [0.15, 0.2) is 10.8 Å². The van der Waals surface area contributed by atoms with Gasteiger partial charge in [-0.2, -0.15) is 0 Å². The number of rotatable bonds is 3. The lowest BCUT2D eigenvalue weighted by molar-refractivity contribution is 0.509. The number of pyridine rings is 1. The molecule has 0 unspecified atom stereocenters. The smallest absolute Gasteiger partial charge is 0.259 e. The predicted molar refractivity (Wildman–Crippen MR) is 109 cm³/mol. The summed E-state index contributed by atoms with van der Waals surface area (Å²) >= 11 is 3.23. The number of aromatic nitrogens is 5. The molecule has 0 saturated carbocycles. The first kappa shape index (κ1) is 16.9. The summed E-state index contributed by atoms with van der Waals surface area (Å²) in [6.45, 7) is 4.31. The van der Waals surface area contributed by atoms with E-state index in [0.717, 1.165) is 40.3 Å². The Morgan fingerprint density at radius 2 is 2.26 bits per heavy atom. The summed E-state index contributed by atoms with van der Waals surface area (Å²) in [6, 6.07) is 5.81. The van der Waals surface area contributed by atoms with Gasteiger partial charge in [-0.3, -0.25) is 9.20 Å². The number of aromatic amines is 1. The van der Waals surface area contributed by atoms with Crippen LogP contribution in [0.3, 0.4) is 0 Å². The largest absolute Gasteiger partial charge is 0.309 e. The van der Waals surface area contributed by atoms with Crippen LogP contribution >= 0.6 is 23.1 Å². The molecule has 0 radical (unpaired) electrons. The fourth-order valence-corrected chi connectivity index (χ4v) is 5.96. The molecule has 2 atom stereocenters. The van der Waals surface area contributed by atoms with Gasteiger partial charge >= 0.3 is 0 Å². The maximum Gasteiger partial charge on any atom is 0.259 e. The number of H-pyrrole nitrogens is 1. The average molecular weight is 398 g/mol. The Morgan fingerprint density at radius 1 is 1.37 bits per heavy atom. The molecule has 0 fully saturated rings. The Kier molecular flexibility index (Phi) is 4.05. The summed E-state index contributed by atoms with van der Waals surface area (Å²) in [7, 11) is 0. The summed E-state index contributed by atoms with van der Waals surface area (Å²) in [5.74, 6) is 1.37. The highest BCUT2D eigenvalue weighted by Crippen LogP contribution is 2.37. The minimum absolute atomic E-state index is 0.0133. The highest BCUT2D eigenvalue weighted by molar-refractivity contribution is 7.99. The monoisotopic (exact) mass is 397 g/mol. The summed E-state index contributed by atoms with van der Waals surface area (Å²) in [5, 5.41) is 10.0. The lowest BCUT2D eigenvalue weighted by Gasteiger charge is -2.17. The zero-order chi connectivity index (χ0) is 18.5. The van der Waals surface area contributed by atoms with Crippen LogP contribution in [0.1, 0.15) is 41.8 Å². The molecule has 0 spiro atoms. The first-order chi connectivity index (χ1) is 13.1. The molecule has 138 valence electrons. The van der Waals surface area contributed by atoms with Crippen molar-refractivity contribution in [3.8, 4) is 0 Å². The fraction of sp³-hybridized carbons (Fsp3) is 0.368. The second kappa shape index (κ2) is 6.45. The zero-order valence-corrected chi connectivity index (χ0v) is 16.7. The SMILES string of the molecule is C[C@@H]1CCc2c(sc3nc([C@H](C)Sc4nnc5ccccn45)[nH]c(=O)c23)C1. The van der Waals surface area contributed by atoms with Gasteiger partial charge in [0.1, 0.15) is 10.7 Å². The minimum atomic E-state index is -0.0345. The standard InChI is InChI=1S/C19H19N5OS2/c1-10-6-7-12-13(9-10)27-18-15(12)17(25)20-16(21-18)11(2)26-19-23-22-14-5-3-4-8-24(14)19/h3-5,8,10-11H,6-7,9H2,1-2H3,(H,20,21,25)/t10-,11+/m1/s1. The van der Waals surface area contributed by atoms with Gasteiger partial charge in [0.25, 0.3) is 5.56 Å². The van der Waals surface area contributed by atoms with E-state index < -0.39 is 0 Å². The van der Waals surface area contributed by atoms with Crippen molar-refractivity contribution in [2.45, 2.75) is 43.5 Å². The van der Waals surface area contributed by atoms with Crippen molar-refractivity contribution in [1.82, 2.24) is 24.6 Å². The quantitative estimate of drug-likeness (QED) is 0.529. The van der Waals surface area contributed by atoms with Crippen molar-refractivity contribution in [1.29, 1.82) is 0 Å². The van der Waals surface area contributed by atoms with Crippen molar-refractivity contribution < 1.29 is 0 Å². The third kappa shape index (κ3) is 2.87. The van der Waals surface area contributed by atoms with Gasteiger partial charge < -0.3 is 4.98 Å². The van der Waals surface area contributed by atoms with Crippen molar-refractivity contribution in [2.75, 3.05) is 0 Å². The van der Waals surface area contributed by atoms with E-state index in [0.29, 0.717) is 11.7 Å². The van der Waals surface area contributed by atoms with E-state index in [-0.39, 0.29) is 10.8 Å². The molecule has 4 aromatic heterocycles. The predicted octanol–water partition coefficient (Wildman–Crippen LogP) is 4.01. The number of hydrogen-bond acceptors (Lipinski definition) is 6. The maximum absolute atomic E-state index is 12.8. The van der Waals surface area contributed by atoms with Gasteiger partial charge in [0.05, 0.1) is 10.6 Å². The van der Waals surface area contributed by atoms with Crippen LogP contribution in [0.4, 0.5) is 0 Å². The highest BCUT2D eigenvalue weighted by Gasteiger charge is 2.24. The van der Waals surface area contributed by atoms with Crippen molar-refractivity contribution in [2.24, 2.45) is 5.92 Å². The maximum atomic E-state index is 12.8. The van der Waals surface area contributed by atoms with E-state index in [4.69, 9.17) is 4.98 Å². The minimum Gasteiger partial charge on any atom is -0.309 e. The summed E-state index contributed by atoms with van der Waals surface area (Å²) in [5.41, 5.74) is 2.02. The highest BCUT2D eigenvalue weighted by atomic mass is 32.2. The van der Waals surface area contributed by atoms with Crippen LogP contribution in [0.2, 0.25) is 0 Å².